The van der Waals surface area contributed by atoms with Crippen LogP contribution in [0.2, 0.25) is 0 Å². The molecule has 0 spiro atoms. The topological polar surface area (TPSA) is 71.1 Å². The van der Waals surface area contributed by atoms with Crippen molar-refractivity contribution >= 4 is 11.8 Å². The monoisotopic (exact) mass is 335 g/mol. The second kappa shape index (κ2) is 8.54. The van der Waals surface area contributed by atoms with Gasteiger partial charge in [-0.05, 0) is 24.6 Å². The van der Waals surface area contributed by atoms with Gasteiger partial charge < -0.3 is 19.7 Å². The third-order valence-electron chi connectivity index (χ3n) is 4.03. The summed E-state index contributed by atoms with van der Waals surface area (Å²) in [5.74, 6) is 1.29. The Balaban J connectivity index is 2.00. The molecule has 0 aromatic heterocycles. The van der Waals surface area contributed by atoms with Crippen LogP contribution in [0.15, 0.2) is 18.2 Å². The number of rotatable bonds is 7. The minimum absolute atomic E-state index is 0.0157. The molecule has 2 rings (SSSR count). The Bertz CT molecular complexity index is 591. The van der Waals surface area contributed by atoms with Crippen LogP contribution in [-0.4, -0.2) is 68.6 Å². The van der Waals surface area contributed by atoms with Crippen LogP contribution in [-0.2, 0) is 16.1 Å². The summed E-state index contributed by atoms with van der Waals surface area (Å²) < 4.78 is 10.5. The number of hydrogen-bond donors (Lipinski definition) is 1. The van der Waals surface area contributed by atoms with Crippen molar-refractivity contribution in [1.29, 1.82) is 0 Å². The van der Waals surface area contributed by atoms with E-state index in [0.29, 0.717) is 37.7 Å². The molecule has 1 saturated heterocycles. The molecule has 1 heterocycles. The molecule has 1 fully saturated rings. The first-order chi connectivity index (χ1) is 11.6. The van der Waals surface area contributed by atoms with Crippen molar-refractivity contribution in [1.82, 2.24) is 15.1 Å². The van der Waals surface area contributed by atoms with Crippen LogP contribution in [0.5, 0.6) is 11.5 Å². The number of nitrogens with one attached hydrogen (secondary N) is 1. The van der Waals surface area contributed by atoms with E-state index in [4.69, 9.17) is 9.47 Å². The van der Waals surface area contributed by atoms with Gasteiger partial charge in [-0.15, -0.1) is 0 Å². The van der Waals surface area contributed by atoms with Gasteiger partial charge in [0.1, 0.15) is 0 Å². The average Bonchev–Trinajstić information content (AvgIpc) is 2.59. The molecule has 0 radical (unpaired) electrons. The van der Waals surface area contributed by atoms with E-state index in [9.17, 15) is 9.59 Å². The zero-order valence-electron chi connectivity index (χ0n) is 14.5. The lowest BCUT2D eigenvalue weighted by Crippen LogP contribution is -2.51. The summed E-state index contributed by atoms with van der Waals surface area (Å²) >= 11 is 0. The predicted molar refractivity (Wildman–Crippen MR) is 90.1 cm³/mol. The van der Waals surface area contributed by atoms with Gasteiger partial charge in [0.2, 0.25) is 11.8 Å². The van der Waals surface area contributed by atoms with Crippen molar-refractivity contribution in [3.8, 4) is 11.5 Å². The van der Waals surface area contributed by atoms with E-state index >= 15 is 0 Å². The van der Waals surface area contributed by atoms with Gasteiger partial charge in [0.15, 0.2) is 11.5 Å². The number of nitrogens with zero attached hydrogens (tertiary/aromatic N) is 2. The fraction of sp³-hybridized carbons (Fsp3) is 0.529. The minimum atomic E-state index is -0.0306. The zero-order valence-corrected chi connectivity index (χ0v) is 14.5. The highest BCUT2D eigenvalue weighted by atomic mass is 16.5. The molecule has 132 valence electrons. The van der Waals surface area contributed by atoms with E-state index < -0.39 is 0 Å². The summed E-state index contributed by atoms with van der Waals surface area (Å²) in [5.41, 5.74) is 0.972. The summed E-state index contributed by atoms with van der Waals surface area (Å²) in [6.07, 6.45) is 0. The summed E-state index contributed by atoms with van der Waals surface area (Å²) in [5, 5.41) is 2.76. The fourth-order valence-electron chi connectivity index (χ4n) is 2.69. The lowest BCUT2D eigenvalue weighted by molar-refractivity contribution is -0.134. The highest BCUT2D eigenvalue weighted by Gasteiger charge is 2.21. The van der Waals surface area contributed by atoms with E-state index in [2.05, 4.69) is 5.32 Å². The lowest BCUT2D eigenvalue weighted by Gasteiger charge is -2.29. The smallest absolute Gasteiger partial charge is 0.237 e. The van der Waals surface area contributed by atoms with Crippen LogP contribution < -0.4 is 14.8 Å². The maximum atomic E-state index is 12.5. The molecule has 7 nitrogen and oxygen atoms in total. The predicted octanol–water partition coefficient (Wildman–Crippen LogP) is 0.484. The van der Waals surface area contributed by atoms with Gasteiger partial charge in [-0.3, -0.25) is 14.5 Å². The highest BCUT2D eigenvalue weighted by molar-refractivity contribution is 5.81. The van der Waals surface area contributed by atoms with Crippen LogP contribution in [0.1, 0.15) is 12.5 Å². The molecule has 7 heteroatoms. The molecule has 1 aromatic carbocycles. The van der Waals surface area contributed by atoms with Gasteiger partial charge in [-0.1, -0.05) is 6.07 Å². The second-order valence-corrected chi connectivity index (χ2v) is 5.66. The summed E-state index contributed by atoms with van der Waals surface area (Å²) in [6.45, 7) is 4.87. The number of piperazine rings is 1. The molecule has 1 aliphatic rings. The maximum Gasteiger partial charge on any atom is 0.237 e. The number of hydrogen-bond acceptors (Lipinski definition) is 5. The Hall–Kier alpha value is -2.28. The van der Waals surface area contributed by atoms with Gasteiger partial charge in [0.25, 0.3) is 0 Å². The van der Waals surface area contributed by atoms with Crippen molar-refractivity contribution in [3.05, 3.63) is 23.8 Å². The van der Waals surface area contributed by atoms with Gasteiger partial charge >= 0.3 is 0 Å². The van der Waals surface area contributed by atoms with Crippen molar-refractivity contribution < 1.29 is 19.1 Å². The second-order valence-electron chi connectivity index (χ2n) is 5.66. The molecule has 0 atom stereocenters. The maximum absolute atomic E-state index is 12.5. The quantitative estimate of drug-likeness (QED) is 0.785. The number of ether oxygens (including phenoxy) is 2. The highest BCUT2D eigenvalue weighted by Crippen LogP contribution is 2.28. The largest absolute Gasteiger partial charge is 0.493 e. The first-order valence-electron chi connectivity index (χ1n) is 8.05. The molecule has 0 aliphatic carbocycles. The van der Waals surface area contributed by atoms with Crippen LogP contribution in [0.4, 0.5) is 0 Å². The molecule has 1 N–H and O–H groups in total. The van der Waals surface area contributed by atoms with Gasteiger partial charge in [0, 0.05) is 26.2 Å². The van der Waals surface area contributed by atoms with E-state index in [1.165, 1.54) is 0 Å². The van der Waals surface area contributed by atoms with Gasteiger partial charge in [-0.25, -0.2) is 0 Å². The number of methoxy groups -OCH3 is 2. The number of carbonyl (C=O) groups excluding carboxylic acids is 2. The normalized spacial score (nSPS) is 14.9. The average molecular weight is 335 g/mol. The molecule has 24 heavy (non-hydrogen) atoms. The van der Waals surface area contributed by atoms with Crippen LogP contribution >= 0.6 is 0 Å². The van der Waals surface area contributed by atoms with E-state index in [-0.39, 0.29) is 24.9 Å². The van der Waals surface area contributed by atoms with E-state index in [1.54, 1.807) is 19.1 Å². The van der Waals surface area contributed by atoms with Crippen LogP contribution in [0.25, 0.3) is 0 Å². The number of likely N-dealkylation sites (N-methyl/N-ethyl adjacent to an activating group) is 1. The molecule has 0 unspecified atom stereocenters. The van der Waals surface area contributed by atoms with Crippen molar-refractivity contribution in [2.75, 3.05) is 46.9 Å². The number of benzene rings is 1. The Morgan fingerprint density at radius 2 is 2.04 bits per heavy atom. The minimum Gasteiger partial charge on any atom is -0.493 e. The van der Waals surface area contributed by atoms with Gasteiger partial charge in [0.05, 0.1) is 27.3 Å². The molecular formula is C17H25N3O4. The third kappa shape index (κ3) is 4.61. The molecule has 1 aromatic rings. The Labute approximate surface area is 142 Å². The first kappa shape index (κ1) is 18.1. The fourth-order valence-corrected chi connectivity index (χ4v) is 2.69. The zero-order chi connectivity index (χ0) is 17.5. The van der Waals surface area contributed by atoms with E-state index in [1.807, 2.05) is 30.0 Å². The molecular weight excluding hydrogens is 310 g/mol. The van der Waals surface area contributed by atoms with Crippen LogP contribution in [0.3, 0.4) is 0 Å². The third-order valence-corrected chi connectivity index (χ3v) is 4.03. The van der Waals surface area contributed by atoms with Crippen molar-refractivity contribution in [2.24, 2.45) is 0 Å². The summed E-state index contributed by atoms with van der Waals surface area (Å²) in [7, 11) is 3.18. The Morgan fingerprint density at radius 1 is 1.29 bits per heavy atom. The molecule has 2 amide bonds. The van der Waals surface area contributed by atoms with Crippen LogP contribution in [0, 0.1) is 0 Å². The summed E-state index contributed by atoms with van der Waals surface area (Å²) in [6, 6.07) is 5.64. The Morgan fingerprint density at radius 3 is 2.67 bits per heavy atom. The number of amides is 2. The number of carbonyl (C=O) groups is 2. The van der Waals surface area contributed by atoms with E-state index in [0.717, 1.165) is 5.56 Å². The first-order valence-corrected chi connectivity index (χ1v) is 8.05. The summed E-state index contributed by atoms with van der Waals surface area (Å²) in [4.78, 5) is 27.6. The van der Waals surface area contributed by atoms with Crippen molar-refractivity contribution in [2.45, 2.75) is 13.5 Å². The molecule has 1 aliphatic heterocycles. The van der Waals surface area contributed by atoms with Gasteiger partial charge in [-0.2, -0.15) is 0 Å². The lowest BCUT2D eigenvalue weighted by atomic mass is 10.2. The SMILES string of the molecule is CCN(Cc1ccc(OC)c(OC)c1)C(=O)CN1CCNC(=O)C1. The molecule has 0 bridgehead atoms. The Kier molecular flexibility index (Phi) is 6.43. The standard InChI is InChI=1S/C17H25N3O4/c1-4-20(17(22)12-19-8-7-18-16(21)11-19)10-13-5-6-14(23-2)15(9-13)24-3/h5-6,9H,4,7-8,10-12H2,1-3H3,(H,18,21). The molecule has 0 saturated carbocycles. The van der Waals surface area contributed by atoms with Crippen molar-refractivity contribution in [3.63, 3.8) is 0 Å².